The highest BCUT2D eigenvalue weighted by molar-refractivity contribution is 6.32. The number of hydrogen-bond donors (Lipinski definition) is 5. The molecule has 10 atom stereocenters. The molecule has 5 bridgehead atoms. The molecule has 15 nitrogen and oxygen atoms in total. The number of carbonyl (C=O) groups excluding carboxylic acids is 5. The number of phenolic OH excluding ortho intramolecular Hbond substituents is 1. The quantitative estimate of drug-likeness (QED) is 0.269. The van der Waals surface area contributed by atoms with Crippen molar-refractivity contribution >= 4 is 29.2 Å². The predicted octanol–water partition coefficient (Wildman–Crippen LogP) is 3.73. The van der Waals surface area contributed by atoms with Crippen molar-refractivity contribution in [3.8, 4) is 11.5 Å². The van der Waals surface area contributed by atoms with Gasteiger partial charge in [0.25, 0.3) is 11.7 Å². The lowest BCUT2D eigenvalue weighted by Crippen LogP contribution is -2.46. The summed E-state index contributed by atoms with van der Waals surface area (Å²) < 4.78 is 29.1. The van der Waals surface area contributed by atoms with E-state index < -0.39 is 106 Å². The summed E-state index contributed by atoms with van der Waals surface area (Å²) in [4.78, 5) is 69.1. The second-order valence-corrected chi connectivity index (χ2v) is 15.6. The second kappa shape index (κ2) is 17.3. The van der Waals surface area contributed by atoms with Crippen molar-refractivity contribution in [2.45, 2.75) is 105 Å². The number of phenols is 1. The van der Waals surface area contributed by atoms with Crippen LogP contribution in [0.2, 0.25) is 0 Å². The molecule has 4 aliphatic heterocycles. The van der Waals surface area contributed by atoms with Crippen LogP contribution in [0, 0.1) is 30.6 Å². The molecule has 1 aromatic rings. The van der Waals surface area contributed by atoms with Gasteiger partial charge in [-0.05, 0) is 32.8 Å². The number of benzene rings is 1. The van der Waals surface area contributed by atoms with E-state index in [1.807, 2.05) is 0 Å². The number of aliphatic hydroxyl groups is 2. The first-order chi connectivity index (χ1) is 26.8. The molecule has 15 heteroatoms. The monoisotopic (exact) mass is 794 g/mol. The van der Waals surface area contributed by atoms with Crippen LogP contribution >= 0.6 is 0 Å². The topological polar surface area (TPSA) is 216 Å². The van der Waals surface area contributed by atoms with Crippen LogP contribution in [0.5, 0.6) is 11.5 Å². The van der Waals surface area contributed by atoms with Crippen molar-refractivity contribution in [1.29, 1.82) is 0 Å². The van der Waals surface area contributed by atoms with Crippen LogP contribution < -0.4 is 15.4 Å². The maximum Gasteiger partial charge on any atom is 0.312 e. The zero-order chi connectivity index (χ0) is 42.1. The summed E-state index contributed by atoms with van der Waals surface area (Å²) in [5, 5.41) is 39.8. The average molecular weight is 795 g/mol. The van der Waals surface area contributed by atoms with Crippen LogP contribution in [-0.2, 0) is 28.5 Å². The number of amides is 1. The number of methoxy groups -OCH3 is 1. The van der Waals surface area contributed by atoms with Gasteiger partial charge < -0.3 is 49.6 Å². The number of carbonyl (C=O) groups is 5. The second-order valence-electron chi connectivity index (χ2n) is 15.6. The highest BCUT2D eigenvalue weighted by Crippen LogP contribution is 2.48. The molecule has 6 rings (SSSR count). The lowest BCUT2D eigenvalue weighted by Gasteiger charge is -2.38. The Labute approximate surface area is 332 Å². The Morgan fingerprint density at radius 2 is 1.68 bits per heavy atom. The van der Waals surface area contributed by atoms with Gasteiger partial charge >= 0.3 is 11.8 Å². The molecule has 4 heterocycles. The lowest BCUT2D eigenvalue weighted by molar-refractivity contribution is -0.160. The van der Waals surface area contributed by atoms with Gasteiger partial charge in [-0.3, -0.25) is 24.0 Å². The number of ketones is 3. The predicted molar refractivity (Wildman–Crippen MR) is 205 cm³/mol. The number of aromatic hydroxyl groups is 1. The third-order valence-corrected chi connectivity index (χ3v) is 11.5. The molecular formula is C42H54N2O13. The van der Waals surface area contributed by atoms with E-state index in [2.05, 4.69) is 10.6 Å². The molecule has 5 aliphatic rings. The highest BCUT2D eigenvalue weighted by Gasteiger charge is 2.53. The maximum atomic E-state index is 14.5. The minimum absolute atomic E-state index is 0.00609. The average Bonchev–Trinajstić information content (AvgIpc) is 3.79. The van der Waals surface area contributed by atoms with Crippen LogP contribution in [0.25, 0.3) is 0 Å². The Morgan fingerprint density at radius 1 is 0.982 bits per heavy atom. The fourth-order valence-corrected chi connectivity index (χ4v) is 7.88. The van der Waals surface area contributed by atoms with Crippen molar-refractivity contribution in [3.63, 3.8) is 0 Å². The van der Waals surface area contributed by atoms with Crippen molar-refractivity contribution in [2.24, 2.45) is 23.7 Å². The van der Waals surface area contributed by atoms with E-state index in [4.69, 9.17) is 23.7 Å². The molecule has 1 amide bonds. The van der Waals surface area contributed by atoms with E-state index in [-0.39, 0.29) is 40.8 Å². The summed E-state index contributed by atoms with van der Waals surface area (Å²) in [7, 11) is 1.42. The molecule has 0 saturated carbocycles. The molecule has 0 unspecified atom stereocenters. The maximum absolute atomic E-state index is 14.5. The minimum Gasteiger partial charge on any atom is -0.507 e. The zero-order valence-electron chi connectivity index (χ0n) is 33.8. The molecule has 310 valence electrons. The third kappa shape index (κ3) is 8.43. The summed E-state index contributed by atoms with van der Waals surface area (Å²) in [6, 6.07) is 0. The van der Waals surface area contributed by atoms with Gasteiger partial charge in [-0.2, -0.15) is 0 Å². The first-order valence-corrected chi connectivity index (χ1v) is 19.2. The molecule has 57 heavy (non-hydrogen) atoms. The Kier molecular flexibility index (Phi) is 13.2. The van der Waals surface area contributed by atoms with Crippen molar-refractivity contribution in [1.82, 2.24) is 10.6 Å². The highest BCUT2D eigenvalue weighted by atomic mass is 16.7. The summed E-state index contributed by atoms with van der Waals surface area (Å²) >= 11 is 0. The van der Waals surface area contributed by atoms with Gasteiger partial charge in [0.15, 0.2) is 0 Å². The number of hydrogen-bond acceptors (Lipinski definition) is 14. The number of aliphatic hydroxyl groups excluding tert-OH is 2. The largest absolute Gasteiger partial charge is 0.507 e. The van der Waals surface area contributed by atoms with Crippen LogP contribution in [0.4, 0.5) is 0 Å². The molecule has 1 fully saturated rings. The number of esters is 1. The lowest BCUT2D eigenvalue weighted by atomic mass is 9.78. The number of fused-ring (bicyclic) bond motifs is 14. The van der Waals surface area contributed by atoms with Crippen LogP contribution in [0.15, 0.2) is 47.5 Å². The van der Waals surface area contributed by atoms with Crippen LogP contribution in [0.3, 0.4) is 0 Å². The molecule has 1 aromatic carbocycles. The summed E-state index contributed by atoms with van der Waals surface area (Å²) in [5.74, 6) is -9.25. The van der Waals surface area contributed by atoms with Crippen LogP contribution in [0.1, 0.15) is 97.9 Å². The third-order valence-electron chi connectivity index (χ3n) is 11.5. The number of rotatable bonds is 5. The Bertz CT molecular complexity index is 1930. The van der Waals surface area contributed by atoms with Gasteiger partial charge in [-0.15, -0.1) is 0 Å². The fraction of sp³-hybridized carbons (Fsp3) is 0.548. The first kappa shape index (κ1) is 43.3. The van der Waals surface area contributed by atoms with Gasteiger partial charge in [-0.25, -0.2) is 0 Å². The SMILES string of the molecule is CO[C@H]1/C=C/O[C@@]2(C)Oc3c(C)c(O)c4c(c3C2=O)C(=O)C(NC[C@H]2CCCO2)=C(NC(=O)/C(C)=C\C=C\[C@H](C)[C@H](O)[C@@H](C)[C@H](O)[C@H](C)[C@H](OC(C)=O)[C@@H]1C)C4=O. The number of Topliss-reactive ketones (excluding diaryl/α,β-unsaturated/α-hetero) is 3. The number of ether oxygens (including phenoxy) is 5. The number of allylic oxidation sites excluding steroid dienone is 4. The summed E-state index contributed by atoms with van der Waals surface area (Å²) in [6.07, 6.45) is 4.60. The van der Waals surface area contributed by atoms with E-state index in [9.17, 15) is 39.3 Å². The Morgan fingerprint density at radius 3 is 2.32 bits per heavy atom. The fourth-order valence-electron chi connectivity index (χ4n) is 7.88. The minimum atomic E-state index is -2.08. The van der Waals surface area contributed by atoms with E-state index in [1.165, 1.54) is 53.2 Å². The van der Waals surface area contributed by atoms with Gasteiger partial charge in [-0.1, -0.05) is 45.9 Å². The summed E-state index contributed by atoms with van der Waals surface area (Å²) in [5.41, 5.74) is -1.73. The normalized spacial score (nSPS) is 34.5. The van der Waals surface area contributed by atoms with E-state index in [0.29, 0.717) is 13.0 Å². The molecular weight excluding hydrogens is 740 g/mol. The molecule has 0 spiro atoms. The molecule has 5 N–H and O–H groups in total. The van der Waals surface area contributed by atoms with E-state index in [1.54, 1.807) is 39.8 Å². The van der Waals surface area contributed by atoms with Crippen LogP contribution in [-0.4, -0.2) is 101 Å². The van der Waals surface area contributed by atoms with Crippen molar-refractivity contribution in [2.75, 3.05) is 20.3 Å². The van der Waals surface area contributed by atoms with Gasteiger partial charge in [0, 0.05) is 68.9 Å². The summed E-state index contributed by atoms with van der Waals surface area (Å²) in [6.45, 7) is 13.0. The van der Waals surface area contributed by atoms with E-state index >= 15 is 0 Å². The Balaban J connectivity index is 1.64. The van der Waals surface area contributed by atoms with Gasteiger partial charge in [0.1, 0.15) is 29.0 Å². The van der Waals surface area contributed by atoms with Crippen molar-refractivity contribution in [3.05, 3.63) is 69.8 Å². The standard InChI is InChI=1S/C42H54N2O13/c1-19-12-10-13-20(2)41(52)44-32-31(43-18-26-14-11-16-54-26)36(49)28-29(37(32)50)35(48)24(6)39-30(28)40(51)42(8,57-39)55-17-15-27(53-9)21(3)38(56-25(7)45)23(5)34(47)22(4)33(19)46/h10,12-13,15,17,19,21-23,26-27,33-34,38,43,46-48H,11,14,16,18H2,1-9H3,(H,44,52)/b12-10+,17-15+,20-13-/t19-,21+,22+,23-,26+,27-,33-,34-,38+,42-/m0/s1. The van der Waals surface area contributed by atoms with Crippen molar-refractivity contribution < 1.29 is 63.0 Å². The number of nitrogens with one attached hydrogen (secondary N) is 2. The smallest absolute Gasteiger partial charge is 0.312 e. The van der Waals surface area contributed by atoms with Gasteiger partial charge in [0.05, 0.1) is 47.4 Å². The molecule has 0 radical (unpaired) electrons. The first-order valence-electron chi connectivity index (χ1n) is 19.2. The van der Waals surface area contributed by atoms with E-state index in [0.717, 1.165) is 6.42 Å². The molecule has 1 aliphatic carbocycles. The molecule has 1 saturated heterocycles. The van der Waals surface area contributed by atoms with Gasteiger partial charge in [0.2, 0.25) is 11.6 Å². The Hall–Kier alpha value is -4.83. The zero-order valence-corrected chi connectivity index (χ0v) is 33.8. The molecule has 0 aromatic heterocycles.